The van der Waals surface area contributed by atoms with Crippen molar-refractivity contribution in [3.05, 3.63) is 34.9 Å². The molecule has 2 N–H and O–H groups in total. The highest BCUT2D eigenvalue weighted by molar-refractivity contribution is 6.31. The largest absolute Gasteiger partial charge is 0.481 e. The van der Waals surface area contributed by atoms with Gasteiger partial charge in [0.25, 0.3) is 0 Å². The molecule has 0 radical (unpaired) electrons. The Kier molecular flexibility index (Phi) is 3.78. The van der Waals surface area contributed by atoms with Crippen LogP contribution in [0, 0.1) is 17.3 Å². The van der Waals surface area contributed by atoms with Crippen LogP contribution in [-0.4, -0.2) is 17.0 Å². The van der Waals surface area contributed by atoms with E-state index in [4.69, 9.17) is 16.7 Å². The Morgan fingerprint density at radius 1 is 1.30 bits per heavy atom. The summed E-state index contributed by atoms with van der Waals surface area (Å²) in [5.74, 6) is -2.23. The summed E-state index contributed by atoms with van der Waals surface area (Å²) in [7, 11) is 0. The van der Waals surface area contributed by atoms with Gasteiger partial charge in [0.1, 0.15) is 0 Å². The van der Waals surface area contributed by atoms with Gasteiger partial charge in [-0.05, 0) is 24.0 Å². The van der Waals surface area contributed by atoms with Crippen molar-refractivity contribution in [2.45, 2.75) is 26.8 Å². The maximum absolute atomic E-state index is 12.2. The van der Waals surface area contributed by atoms with Crippen molar-refractivity contribution >= 4 is 23.5 Å². The number of hydrogen-bond acceptors (Lipinski definition) is 2. The summed E-state index contributed by atoms with van der Waals surface area (Å²) in [6.45, 7) is 5.44. The van der Waals surface area contributed by atoms with Gasteiger partial charge in [0, 0.05) is 5.02 Å². The summed E-state index contributed by atoms with van der Waals surface area (Å²) in [4.78, 5) is 23.3. The number of benzene rings is 1. The Labute approximate surface area is 123 Å². The number of carbonyl (C=O) groups excluding carboxylic acids is 1. The molecule has 1 aliphatic rings. The summed E-state index contributed by atoms with van der Waals surface area (Å²) < 4.78 is 0. The number of carboxylic acids is 1. The van der Waals surface area contributed by atoms with E-state index in [1.165, 1.54) is 0 Å². The molecule has 0 spiro atoms. The molecule has 0 saturated heterocycles. The fraction of sp³-hybridized carbons (Fsp3) is 0.467. The third kappa shape index (κ3) is 2.52. The number of rotatable bonds is 4. The number of hydrogen-bond donors (Lipinski definition) is 2. The molecule has 4 nitrogen and oxygen atoms in total. The molecule has 1 aromatic rings. The van der Waals surface area contributed by atoms with Gasteiger partial charge in [-0.15, -0.1) is 0 Å². The number of nitrogens with one attached hydrogen (secondary N) is 1. The highest BCUT2D eigenvalue weighted by Gasteiger charge is 2.65. The van der Waals surface area contributed by atoms with Crippen molar-refractivity contribution in [1.82, 2.24) is 5.32 Å². The van der Waals surface area contributed by atoms with Gasteiger partial charge in [-0.2, -0.15) is 0 Å². The molecule has 1 aliphatic carbocycles. The molecule has 0 bridgehead atoms. The zero-order chi connectivity index (χ0) is 15.1. The second-order valence-electron chi connectivity index (χ2n) is 5.87. The SMILES string of the molecule is C[C@H](NC(=O)C1C(C(=O)O)C1(C)C)c1ccccc1Cl. The van der Waals surface area contributed by atoms with E-state index in [-0.39, 0.29) is 11.9 Å². The molecule has 1 aromatic carbocycles. The average Bonchev–Trinajstić information content (AvgIpc) is 2.93. The average molecular weight is 296 g/mol. The first-order chi connectivity index (χ1) is 9.26. The van der Waals surface area contributed by atoms with E-state index < -0.39 is 23.2 Å². The number of halogens is 1. The first-order valence-corrected chi connectivity index (χ1v) is 6.92. The van der Waals surface area contributed by atoms with Crippen LogP contribution in [0.5, 0.6) is 0 Å². The van der Waals surface area contributed by atoms with Crippen LogP contribution < -0.4 is 5.32 Å². The van der Waals surface area contributed by atoms with Crippen LogP contribution in [0.2, 0.25) is 5.02 Å². The van der Waals surface area contributed by atoms with Crippen molar-refractivity contribution in [2.24, 2.45) is 17.3 Å². The molecular weight excluding hydrogens is 278 g/mol. The monoisotopic (exact) mass is 295 g/mol. The van der Waals surface area contributed by atoms with Gasteiger partial charge in [0.15, 0.2) is 0 Å². The number of carboxylic acid groups (broad SMARTS) is 1. The standard InChI is InChI=1S/C15H18ClNO3/c1-8(9-6-4-5-7-10(9)16)17-13(18)11-12(14(19)20)15(11,2)3/h4-8,11-12H,1-3H3,(H,17,18)(H,19,20)/t8-,11?,12?/m0/s1. The molecule has 1 fully saturated rings. The smallest absolute Gasteiger partial charge is 0.307 e. The first kappa shape index (κ1) is 14.9. The van der Waals surface area contributed by atoms with Crippen molar-refractivity contribution in [3.63, 3.8) is 0 Å². The van der Waals surface area contributed by atoms with Gasteiger partial charge in [0.2, 0.25) is 5.91 Å². The number of aliphatic carboxylic acids is 1. The second-order valence-corrected chi connectivity index (χ2v) is 6.27. The van der Waals surface area contributed by atoms with Gasteiger partial charge in [0.05, 0.1) is 17.9 Å². The molecule has 0 aliphatic heterocycles. The van der Waals surface area contributed by atoms with Crippen LogP contribution in [0.15, 0.2) is 24.3 Å². The molecule has 20 heavy (non-hydrogen) atoms. The van der Waals surface area contributed by atoms with E-state index in [1.54, 1.807) is 19.9 Å². The quantitative estimate of drug-likeness (QED) is 0.897. The summed E-state index contributed by atoms with van der Waals surface area (Å²) in [6, 6.07) is 7.04. The Balaban J connectivity index is 2.07. The summed E-state index contributed by atoms with van der Waals surface area (Å²) in [5, 5.41) is 12.5. The Hall–Kier alpha value is -1.55. The lowest BCUT2D eigenvalue weighted by molar-refractivity contribution is -0.140. The van der Waals surface area contributed by atoms with Crippen LogP contribution in [0.1, 0.15) is 32.4 Å². The van der Waals surface area contributed by atoms with Crippen molar-refractivity contribution in [1.29, 1.82) is 0 Å². The highest BCUT2D eigenvalue weighted by Crippen LogP contribution is 2.58. The summed E-state index contributed by atoms with van der Waals surface area (Å²) in [6.07, 6.45) is 0. The predicted octanol–water partition coefficient (Wildman–Crippen LogP) is 2.87. The zero-order valence-electron chi connectivity index (χ0n) is 11.7. The maximum Gasteiger partial charge on any atom is 0.307 e. The van der Waals surface area contributed by atoms with Crippen molar-refractivity contribution in [3.8, 4) is 0 Å². The van der Waals surface area contributed by atoms with Gasteiger partial charge < -0.3 is 10.4 Å². The third-order valence-corrected chi connectivity index (χ3v) is 4.45. The molecule has 5 heteroatoms. The molecular formula is C15H18ClNO3. The first-order valence-electron chi connectivity index (χ1n) is 6.54. The van der Waals surface area contributed by atoms with Gasteiger partial charge >= 0.3 is 5.97 Å². The fourth-order valence-electron chi connectivity index (χ4n) is 2.80. The minimum atomic E-state index is -0.916. The number of amides is 1. The second kappa shape index (κ2) is 5.09. The minimum Gasteiger partial charge on any atom is -0.481 e. The molecule has 3 atom stereocenters. The fourth-order valence-corrected chi connectivity index (χ4v) is 3.09. The van der Waals surface area contributed by atoms with E-state index in [1.807, 2.05) is 25.1 Å². The van der Waals surface area contributed by atoms with E-state index >= 15 is 0 Å². The van der Waals surface area contributed by atoms with E-state index in [0.717, 1.165) is 5.56 Å². The van der Waals surface area contributed by atoms with E-state index in [9.17, 15) is 9.59 Å². The zero-order valence-corrected chi connectivity index (χ0v) is 12.4. The molecule has 2 rings (SSSR count). The van der Waals surface area contributed by atoms with Crippen LogP contribution in [-0.2, 0) is 9.59 Å². The van der Waals surface area contributed by atoms with Crippen LogP contribution in [0.3, 0.4) is 0 Å². The minimum absolute atomic E-state index is 0.227. The lowest BCUT2D eigenvalue weighted by Crippen LogP contribution is -2.30. The third-order valence-electron chi connectivity index (χ3n) is 4.11. The lowest BCUT2D eigenvalue weighted by Gasteiger charge is -2.16. The summed E-state index contributed by atoms with van der Waals surface area (Å²) >= 11 is 6.09. The highest BCUT2D eigenvalue weighted by atomic mass is 35.5. The molecule has 1 amide bonds. The molecule has 108 valence electrons. The normalized spacial score (nSPS) is 24.8. The van der Waals surface area contributed by atoms with Gasteiger partial charge in [-0.1, -0.05) is 43.6 Å². The Bertz CT molecular complexity index is 556. The molecule has 2 unspecified atom stereocenters. The van der Waals surface area contributed by atoms with Crippen molar-refractivity contribution in [2.75, 3.05) is 0 Å². The topological polar surface area (TPSA) is 66.4 Å². The maximum atomic E-state index is 12.2. The van der Waals surface area contributed by atoms with Crippen LogP contribution in [0.4, 0.5) is 0 Å². The lowest BCUT2D eigenvalue weighted by atomic mass is 10.1. The van der Waals surface area contributed by atoms with E-state index in [2.05, 4.69) is 5.32 Å². The van der Waals surface area contributed by atoms with Crippen molar-refractivity contribution < 1.29 is 14.7 Å². The van der Waals surface area contributed by atoms with Gasteiger partial charge in [-0.25, -0.2) is 0 Å². The Morgan fingerprint density at radius 2 is 1.90 bits per heavy atom. The summed E-state index contributed by atoms with van der Waals surface area (Å²) in [5.41, 5.74) is 0.337. The molecule has 1 saturated carbocycles. The van der Waals surface area contributed by atoms with Gasteiger partial charge in [-0.3, -0.25) is 9.59 Å². The Morgan fingerprint density at radius 3 is 2.40 bits per heavy atom. The van der Waals surface area contributed by atoms with Crippen LogP contribution in [0.25, 0.3) is 0 Å². The number of carbonyl (C=O) groups is 2. The van der Waals surface area contributed by atoms with Crippen LogP contribution >= 0.6 is 11.6 Å². The van der Waals surface area contributed by atoms with E-state index in [0.29, 0.717) is 5.02 Å². The predicted molar refractivity (Wildman–Crippen MR) is 76.4 cm³/mol. The molecule has 0 aromatic heterocycles. The molecule has 0 heterocycles.